The first-order chi connectivity index (χ1) is 5.33. The minimum atomic E-state index is 0.939. The molecule has 3 unspecified atom stereocenters. The highest BCUT2D eigenvalue weighted by Crippen LogP contribution is 2.77. The van der Waals surface area contributed by atoms with Gasteiger partial charge >= 0.3 is 0 Å². The summed E-state index contributed by atoms with van der Waals surface area (Å²) in [7, 11) is 0. The second-order valence-electron chi connectivity index (χ2n) is 5.19. The molecule has 0 aromatic rings. The van der Waals surface area contributed by atoms with E-state index in [-0.39, 0.29) is 0 Å². The monoisotopic (exact) mass is 150 g/mol. The summed E-state index contributed by atoms with van der Waals surface area (Å²) in [5, 5.41) is 0. The van der Waals surface area contributed by atoms with Crippen LogP contribution in [0.5, 0.6) is 0 Å². The molecule has 3 aliphatic rings. The summed E-state index contributed by atoms with van der Waals surface area (Å²) < 4.78 is 0. The molecule has 0 nitrogen and oxygen atoms in total. The van der Waals surface area contributed by atoms with Gasteiger partial charge in [0.05, 0.1) is 0 Å². The van der Waals surface area contributed by atoms with Crippen molar-refractivity contribution in [3.05, 3.63) is 0 Å². The fraction of sp³-hybridized carbons (Fsp3) is 1.00. The standard InChI is InChI=1S/C11H18/c1-8-6-11(8)7-10(11)9-4-2-3-5-9/h8-10H,2-7H2,1H3. The summed E-state index contributed by atoms with van der Waals surface area (Å²) in [5.41, 5.74) is 0.939. The van der Waals surface area contributed by atoms with Crippen molar-refractivity contribution in [3.63, 3.8) is 0 Å². The zero-order chi connectivity index (χ0) is 7.47. The molecule has 0 aromatic heterocycles. The Hall–Kier alpha value is 0. The van der Waals surface area contributed by atoms with Gasteiger partial charge in [-0.25, -0.2) is 0 Å². The van der Waals surface area contributed by atoms with Crippen molar-refractivity contribution in [3.8, 4) is 0 Å². The van der Waals surface area contributed by atoms with Crippen molar-refractivity contribution in [1.82, 2.24) is 0 Å². The van der Waals surface area contributed by atoms with Crippen LogP contribution in [0.15, 0.2) is 0 Å². The Labute approximate surface area is 69.4 Å². The average Bonchev–Trinajstić information content (AvgIpc) is 2.79. The molecule has 11 heavy (non-hydrogen) atoms. The summed E-state index contributed by atoms with van der Waals surface area (Å²) in [6, 6.07) is 0. The van der Waals surface area contributed by atoms with E-state index in [0.29, 0.717) is 0 Å². The Kier molecular flexibility index (Phi) is 1.09. The molecule has 0 bridgehead atoms. The lowest BCUT2D eigenvalue weighted by molar-refractivity contribution is 0.434. The van der Waals surface area contributed by atoms with Gasteiger partial charge in [-0.15, -0.1) is 0 Å². The van der Waals surface area contributed by atoms with Crippen LogP contribution in [0.4, 0.5) is 0 Å². The Morgan fingerprint density at radius 2 is 1.73 bits per heavy atom. The molecule has 0 heterocycles. The zero-order valence-corrected chi connectivity index (χ0v) is 7.47. The zero-order valence-electron chi connectivity index (χ0n) is 7.47. The van der Waals surface area contributed by atoms with Gasteiger partial charge in [0.1, 0.15) is 0 Å². The molecule has 0 heteroatoms. The molecular weight excluding hydrogens is 132 g/mol. The van der Waals surface area contributed by atoms with Crippen molar-refractivity contribution in [1.29, 1.82) is 0 Å². The van der Waals surface area contributed by atoms with Gasteiger partial charge < -0.3 is 0 Å². The van der Waals surface area contributed by atoms with Gasteiger partial charge in [0, 0.05) is 0 Å². The smallest absolute Gasteiger partial charge is 0.0235 e. The van der Waals surface area contributed by atoms with E-state index in [2.05, 4.69) is 6.92 Å². The lowest BCUT2D eigenvalue weighted by atomic mass is 9.99. The molecule has 3 atom stereocenters. The van der Waals surface area contributed by atoms with Gasteiger partial charge in [0.25, 0.3) is 0 Å². The molecule has 3 fully saturated rings. The number of hydrogen-bond acceptors (Lipinski definition) is 0. The molecular formula is C11H18. The van der Waals surface area contributed by atoms with E-state index < -0.39 is 0 Å². The fourth-order valence-electron chi connectivity index (χ4n) is 3.66. The molecule has 62 valence electrons. The topological polar surface area (TPSA) is 0 Å². The molecule has 0 N–H and O–H groups in total. The van der Waals surface area contributed by atoms with Crippen LogP contribution >= 0.6 is 0 Å². The van der Waals surface area contributed by atoms with Gasteiger partial charge in [-0.3, -0.25) is 0 Å². The summed E-state index contributed by atoms with van der Waals surface area (Å²) in [5.74, 6) is 3.47. The normalized spacial score (nSPS) is 55.4. The largest absolute Gasteiger partial charge is 0.0619 e. The molecule has 3 rings (SSSR count). The Bertz CT molecular complexity index is 178. The predicted molar refractivity (Wildman–Crippen MR) is 46.3 cm³/mol. The van der Waals surface area contributed by atoms with Gasteiger partial charge in [-0.05, 0) is 36.0 Å². The molecule has 1 spiro atoms. The maximum Gasteiger partial charge on any atom is -0.0235 e. The molecule has 3 saturated carbocycles. The van der Waals surface area contributed by atoms with Crippen LogP contribution < -0.4 is 0 Å². The van der Waals surface area contributed by atoms with Crippen molar-refractivity contribution in [2.45, 2.75) is 45.4 Å². The summed E-state index contributed by atoms with van der Waals surface area (Å²) in [6.45, 7) is 2.45. The van der Waals surface area contributed by atoms with Crippen LogP contribution in [0.1, 0.15) is 45.4 Å². The van der Waals surface area contributed by atoms with Crippen LogP contribution in [-0.2, 0) is 0 Å². The van der Waals surface area contributed by atoms with E-state index in [1.165, 1.54) is 24.7 Å². The molecule has 0 aliphatic heterocycles. The lowest BCUT2D eigenvalue weighted by Gasteiger charge is -2.06. The number of hydrogen-bond donors (Lipinski definition) is 0. The third-order valence-corrected chi connectivity index (χ3v) is 4.65. The Morgan fingerprint density at radius 3 is 2.18 bits per heavy atom. The first-order valence-electron chi connectivity index (χ1n) is 5.33. The highest BCUT2D eigenvalue weighted by Gasteiger charge is 2.69. The highest BCUT2D eigenvalue weighted by molar-refractivity contribution is 5.18. The van der Waals surface area contributed by atoms with Crippen molar-refractivity contribution in [2.24, 2.45) is 23.2 Å². The van der Waals surface area contributed by atoms with Gasteiger partial charge in [-0.1, -0.05) is 32.6 Å². The van der Waals surface area contributed by atoms with Crippen molar-refractivity contribution < 1.29 is 0 Å². The quantitative estimate of drug-likeness (QED) is 0.538. The van der Waals surface area contributed by atoms with E-state index in [9.17, 15) is 0 Å². The van der Waals surface area contributed by atoms with Crippen LogP contribution in [-0.4, -0.2) is 0 Å². The Morgan fingerprint density at radius 1 is 1.09 bits per heavy atom. The van der Waals surface area contributed by atoms with Gasteiger partial charge in [0.15, 0.2) is 0 Å². The predicted octanol–water partition coefficient (Wildman–Crippen LogP) is 3.22. The maximum atomic E-state index is 2.45. The first-order valence-corrected chi connectivity index (χ1v) is 5.33. The highest BCUT2D eigenvalue weighted by atomic mass is 14.7. The average molecular weight is 150 g/mol. The van der Waals surface area contributed by atoms with E-state index in [1.807, 2.05) is 0 Å². The minimum absolute atomic E-state index is 0.939. The summed E-state index contributed by atoms with van der Waals surface area (Å²) in [6.07, 6.45) is 9.39. The first kappa shape index (κ1) is 6.51. The second-order valence-corrected chi connectivity index (χ2v) is 5.19. The molecule has 3 aliphatic carbocycles. The number of rotatable bonds is 1. The van der Waals surface area contributed by atoms with Gasteiger partial charge in [0.2, 0.25) is 0 Å². The summed E-state index contributed by atoms with van der Waals surface area (Å²) >= 11 is 0. The third-order valence-electron chi connectivity index (χ3n) is 4.65. The van der Waals surface area contributed by atoms with E-state index in [0.717, 1.165) is 11.3 Å². The van der Waals surface area contributed by atoms with E-state index in [1.54, 1.807) is 25.7 Å². The third kappa shape index (κ3) is 0.761. The van der Waals surface area contributed by atoms with Crippen LogP contribution in [0.3, 0.4) is 0 Å². The molecule has 0 saturated heterocycles. The maximum absolute atomic E-state index is 2.45. The van der Waals surface area contributed by atoms with Crippen LogP contribution in [0, 0.1) is 23.2 Å². The van der Waals surface area contributed by atoms with E-state index in [4.69, 9.17) is 0 Å². The lowest BCUT2D eigenvalue weighted by Crippen LogP contribution is -1.98. The molecule has 0 amide bonds. The summed E-state index contributed by atoms with van der Waals surface area (Å²) in [4.78, 5) is 0. The SMILES string of the molecule is CC1CC12CC2C1CCCC1. The van der Waals surface area contributed by atoms with Crippen molar-refractivity contribution in [2.75, 3.05) is 0 Å². The minimum Gasteiger partial charge on any atom is -0.0619 e. The molecule has 0 aromatic carbocycles. The Balaban J connectivity index is 1.66. The second kappa shape index (κ2) is 1.84. The molecule has 0 radical (unpaired) electrons. The fourth-order valence-corrected chi connectivity index (χ4v) is 3.66. The van der Waals surface area contributed by atoms with Gasteiger partial charge in [-0.2, -0.15) is 0 Å². The van der Waals surface area contributed by atoms with Crippen LogP contribution in [0.2, 0.25) is 0 Å². The van der Waals surface area contributed by atoms with E-state index >= 15 is 0 Å². The van der Waals surface area contributed by atoms with Crippen molar-refractivity contribution >= 4 is 0 Å². The van der Waals surface area contributed by atoms with Crippen LogP contribution in [0.25, 0.3) is 0 Å².